The van der Waals surface area contributed by atoms with Crippen molar-refractivity contribution in [2.24, 2.45) is 0 Å². The number of methoxy groups -OCH3 is 1. The van der Waals surface area contributed by atoms with Crippen LogP contribution in [-0.4, -0.2) is 29.7 Å². The first-order valence-electron chi connectivity index (χ1n) is 8.86. The number of rotatable bonds is 7. The third kappa shape index (κ3) is 4.03. The molecule has 0 aliphatic rings. The first kappa shape index (κ1) is 20.0. The van der Waals surface area contributed by atoms with Crippen LogP contribution in [0.15, 0.2) is 76.2 Å². The van der Waals surface area contributed by atoms with Gasteiger partial charge in [0.1, 0.15) is 5.75 Å². The van der Waals surface area contributed by atoms with E-state index in [0.29, 0.717) is 23.1 Å². The van der Waals surface area contributed by atoms with Gasteiger partial charge in [0.2, 0.25) is 11.8 Å². The fourth-order valence-corrected chi connectivity index (χ4v) is 4.17. The lowest BCUT2D eigenvalue weighted by molar-refractivity contribution is 0.414. The Kier molecular flexibility index (Phi) is 5.47. The monoisotopic (exact) mass is 444 g/mol. The maximum atomic E-state index is 13.2. The number of furan rings is 1. The van der Waals surface area contributed by atoms with Crippen LogP contribution in [0.5, 0.6) is 5.75 Å². The summed E-state index contributed by atoms with van der Waals surface area (Å²) < 4.78 is 37.7. The van der Waals surface area contributed by atoms with Crippen LogP contribution in [-0.2, 0) is 16.6 Å². The highest BCUT2D eigenvalue weighted by Gasteiger charge is 2.25. The normalized spacial score (nSPS) is 11.4. The predicted molar refractivity (Wildman–Crippen MR) is 112 cm³/mol. The molecule has 0 atom stereocenters. The Bertz CT molecular complexity index is 1250. The van der Waals surface area contributed by atoms with Crippen LogP contribution in [0.3, 0.4) is 0 Å². The number of hydrogen-bond donors (Lipinski definition) is 1. The van der Waals surface area contributed by atoms with Gasteiger partial charge in [-0.15, -0.1) is 9.19 Å². The highest BCUT2D eigenvalue weighted by molar-refractivity contribution is 7.90. The number of benzene rings is 2. The van der Waals surface area contributed by atoms with E-state index in [2.05, 4.69) is 15.4 Å². The molecule has 10 heteroatoms. The standard InChI is InChI=1S/C20H17ClN4O4S/c1-28-16-7-9-17(10-8-16)30(26,27)25-20(22-13-14-4-2-5-15(21)12-14)23-19(24-25)18-6-3-11-29-18/h2-12H,13H2,1H3,(H,22,23,24). The van der Waals surface area contributed by atoms with E-state index in [1.165, 1.54) is 25.5 Å². The second kappa shape index (κ2) is 8.21. The Morgan fingerprint density at radius 3 is 2.60 bits per heavy atom. The lowest BCUT2D eigenvalue weighted by Gasteiger charge is -2.10. The van der Waals surface area contributed by atoms with E-state index in [4.69, 9.17) is 20.8 Å². The summed E-state index contributed by atoms with van der Waals surface area (Å²) in [6.07, 6.45) is 1.47. The van der Waals surface area contributed by atoms with E-state index in [-0.39, 0.29) is 16.7 Å². The SMILES string of the molecule is COc1ccc(S(=O)(=O)n2nc(-c3ccco3)nc2NCc2cccc(Cl)c2)cc1. The Morgan fingerprint density at radius 2 is 1.93 bits per heavy atom. The molecular formula is C20H17ClN4O4S. The molecule has 2 aromatic heterocycles. The molecule has 2 aromatic carbocycles. The van der Waals surface area contributed by atoms with E-state index in [0.717, 1.165) is 9.65 Å². The van der Waals surface area contributed by atoms with Crippen LogP contribution in [0, 0.1) is 0 Å². The summed E-state index contributed by atoms with van der Waals surface area (Å²) in [5.41, 5.74) is 0.860. The number of nitrogens with one attached hydrogen (secondary N) is 1. The van der Waals surface area contributed by atoms with Crippen molar-refractivity contribution in [1.82, 2.24) is 14.2 Å². The average Bonchev–Trinajstić information content (AvgIpc) is 3.42. The van der Waals surface area contributed by atoms with Crippen molar-refractivity contribution < 1.29 is 17.6 Å². The number of anilines is 1. The third-order valence-corrected chi connectivity index (χ3v) is 6.06. The summed E-state index contributed by atoms with van der Waals surface area (Å²) >= 11 is 6.03. The molecule has 2 heterocycles. The minimum atomic E-state index is -4.02. The van der Waals surface area contributed by atoms with Gasteiger partial charge in [0.15, 0.2) is 5.76 Å². The van der Waals surface area contributed by atoms with Crippen molar-refractivity contribution >= 4 is 27.6 Å². The lowest BCUT2D eigenvalue weighted by atomic mass is 10.2. The zero-order chi connectivity index (χ0) is 21.1. The fraction of sp³-hybridized carbons (Fsp3) is 0.100. The number of halogens is 1. The quantitative estimate of drug-likeness (QED) is 0.459. The molecule has 0 amide bonds. The molecule has 0 fully saturated rings. The van der Waals surface area contributed by atoms with Gasteiger partial charge < -0.3 is 14.5 Å². The molecular weight excluding hydrogens is 428 g/mol. The molecule has 8 nitrogen and oxygen atoms in total. The van der Waals surface area contributed by atoms with Crippen molar-refractivity contribution in [3.8, 4) is 17.3 Å². The number of nitrogens with zero attached hydrogens (tertiary/aromatic N) is 3. The first-order chi connectivity index (χ1) is 14.5. The van der Waals surface area contributed by atoms with Crippen LogP contribution in [0.2, 0.25) is 5.02 Å². The van der Waals surface area contributed by atoms with Gasteiger partial charge in [-0.25, -0.2) is 0 Å². The van der Waals surface area contributed by atoms with Gasteiger partial charge in [0, 0.05) is 11.6 Å². The van der Waals surface area contributed by atoms with Gasteiger partial charge in [-0.05, 0) is 54.1 Å². The topological polar surface area (TPSA) is 99.3 Å². The van der Waals surface area contributed by atoms with Gasteiger partial charge in [-0.2, -0.15) is 13.4 Å². The first-order valence-corrected chi connectivity index (χ1v) is 10.7. The van der Waals surface area contributed by atoms with Crippen LogP contribution in [0.25, 0.3) is 11.6 Å². The van der Waals surface area contributed by atoms with Crippen molar-refractivity contribution in [3.63, 3.8) is 0 Å². The van der Waals surface area contributed by atoms with E-state index < -0.39 is 10.0 Å². The highest BCUT2D eigenvalue weighted by atomic mass is 35.5. The summed E-state index contributed by atoms with van der Waals surface area (Å²) in [6.45, 7) is 0.301. The molecule has 0 saturated heterocycles. The molecule has 0 spiro atoms. The molecule has 4 aromatic rings. The summed E-state index contributed by atoms with van der Waals surface area (Å²) in [6, 6.07) is 16.6. The summed E-state index contributed by atoms with van der Waals surface area (Å²) in [4.78, 5) is 4.37. The van der Waals surface area contributed by atoms with Crippen LogP contribution >= 0.6 is 11.6 Å². The third-order valence-electron chi connectivity index (χ3n) is 4.24. The maximum absolute atomic E-state index is 13.2. The highest BCUT2D eigenvalue weighted by Crippen LogP contribution is 2.24. The second-order valence-electron chi connectivity index (χ2n) is 6.24. The Labute approximate surface area is 178 Å². The van der Waals surface area contributed by atoms with Crippen molar-refractivity contribution in [3.05, 3.63) is 77.5 Å². The number of ether oxygens (including phenoxy) is 1. The molecule has 0 bridgehead atoms. The van der Waals surface area contributed by atoms with Crippen molar-refractivity contribution in [1.29, 1.82) is 0 Å². The summed E-state index contributed by atoms with van der Waals surface area (Å²) in [5.74, 6) is 1.09. The van der Waals surface area contributed by atoms with Crippen LogP contribution in [0.4, 0.5) is 5.95 Å². The Morgan fingerprint density at radius 1 is 1.13 bits per heavy atom. The maximum Gasteiger partial charge on any atom is 0.286 e. The van der Waals surface area contributed by atoms with Gasteiger partial charge in [-0.1, -0.05) is 23.7 Å². The second-order valence-corrected chi connectivity index (χ2v) is 8.45. The Hall–Kier alpha value is -3.30. The molecule has 30 heavy (non-hydrogen) atoms. The summed E-state index contributed by atoms with van der Waals surface area (Å²) in [7, 11) is -2.51. The van der Waals surface area contributed by atoms with E-state index in [9.17, 15) is 8.42 Å². The van der Waals surface area contributed by atoms with E-state index in [1.54, 1.807) is 36.4 Å². The van der Waals surface area contributed by atoms with Crippen molar-refractivity contribution in [2.45, 2.75) is 11.4 Å². The van der Waals surface area contributed by atoms with E-state index >= 15 is 0 Å². The number of hydrogen-bond acceptors (Lipinski definition) is 7. The Balaban J connectivity index is 1.72. The van der Waals surface area contributed by atoms with Crippen LogP contribution < -0.4 is 10.1 Å². The minimum Gasteiger partial charge on any atom is -0.497 e. The van der Waals surface area contributed by atoms with Crippen molar-refractivity contribution in [2.75, 3.05) is 12.4 Å². The molecule has 0 aliphatic heterocycles. The molecule has 1 N–H and O–H groups in total. The fourth-order valence-electron chi connectivity index (χ4n) is 2.76. The van der Waals surface area contributed by atoms with Crippen LogP contribution in [0.1, 0.15) is 5.56 Å². The molecule has 0 saturated carbocycles. The minimum absolute atomic E-state index is 0.0463. The smallest absolute Gasteiger partial charge is 0.286 e. The lowest BCUT2D eigenvalue weighted by Crippen LogP contribution is -2.18. The molecule has 0 unspecified atom stereocenters. The van der Waals surface area contributed by atoms with Gasteiger partial charge in [-0.3, -0.25) is 0 Å². The van der Waals surface area contributed by atoms with E-state index in [1.807, 2.05) is 12.1 Å². The predicted octanol–water partition coefficient (Wildman–Crippen LogP) is 4.05. The number of aromatic nitrogens is 3. The largest absolute Gasteiger partial charge is 0.497 e. The molecule has 0 radical (unpaired) electrons. The zero-order valence-corrected chi connectivity index (χ0v) is 17.4. The average molecular weight is 445 g/mol. The van der Waals surface area contributed by atoms with Gasteiger partial charge in [0.05, 0.1) is 18.3 Å². The summed E-state index contributed by atoms with van der Waals surface area (Å²) in [5, 5.41) is 7.78. The molecule has 4 rings (SSSR count). The van der Waals surface area contributed by atoms with Gasteiger partial charge in [0.25, 0.3) is 10.0 Å². The van der Waals surface area contributed by atoms with Gasteiger partial charge >= 0.3 is 0 Å². The molecule has 154 valence electrons. The zero-order valence-electron chi connectivity index (χ0n) is 15.8. The molecule has 0 aliphatic carbocycles.